The van der Waals surface area contributed by atoms with Gasteiger partial charge < -0.3 is 15.1 Å². The molecule has 0 unspecified atom stereocenters. The molecule has 0 amide bonds. The van der Waals surface area contributed by atoms with Crippen LogP contribution in [0.4, 0.5) is 5.69 Å². The van der Waals surface area contributed by atoms with Crippen LogP contribution >= 0.6 is 11.6 Å². The summed E-state index contributed by atoms with van der Waals surface area (Å²) in [7, 11) is 6.29. The Balaban J connectivity index is 2.05. The van der Waals surface area contributed by atoms with Crippen LogP contribution in [-0.2, 0) is 6.54 Å². The average Bonchev–Trinajstić information content (AvgIpc) is 2.42. The number of piperidine rings is 1. The second-order valence-electron chi connectivity index (χ2n) is 5.96. The normalized spacial score (nSPS) is 16.9. The molecule has 3 nitrogen and oxygen atoms in total. The van der Waals surface area contributed by atoms with Crippen LogP contribution in [0.3, 0.4) is 0 Å². The largest absolute Gasteiger partial charge is 0.371 e. The van der Waals surface area contributed by atoms with E-state index in [0.29, 0.717) is 0 Å². The minimum atomic E-state index is 0.826. The van der Waals surface area contributed by atoms with Crippen LogP contribution in [-0.4, -0.2) is 45.7 Å². The molecular formula is C16H26ClN3. The summed E-state index contributed by atoms with van der Waals surface area (Å²) in [6.07, 6.45) is 2.54. The Morgan fingerprint density at radius 3 is 2.60 bits per heavy atom. The summed E-state index contributed by atoms with van der Waals surface area (Å²) in [4.78, 5) is 4.79. The van der Waals surface area contributed by atoms with E-state index in [1.54, 1.807) is 0 Å². The van der Waals surface area contributed by atoms with Gasteiger partial charge in [-0.25, -0.2) is 0 Å². The van der Waals surface area contributed by atoms with Crippen LogP contribution in [0.15, 0.2) is 18.2 Å². The number of halogens is 1. The molecule has 0 atom stereocenters. The van der Waals surface area contributed by atoms with Gasteiger partial charge in [0.15, 0.2) is 0 Å². The Labute approximate surface area is 127 Å². The van der Waals surface area contributed by atoms with Crippen molar-refractivity contribution < 1.29 is 0 Å². The fraction of sp³-hybridized carbons (Fsp3) is 0.625. The van der Waals surface area contributed by atoms with Crippen molar-refractivity contribution in [2.75, 3.05) is 45.7 Å². The number of benzene rings is 1. The van der Waals surface area contributed by atoms with Crippen molar-refractivity contribution in [3.8, 4) is 0 Å². The fourth-order valence-electron chi connectivity index (χ4n) is 3.07. The number of nitrogens with zero attached hydrogens (tertiary/aromatic N) is 2. The van der Waals surface area contributed by atoms with Gasteiger partial charge in [0.05, 0.1) is 0 Å². The molecule has 0 radical (unpaired) electrons. The third-order valence-electron chi connectivity index (χ3n) is 4.03. The molecule has 0 saturated carbocycles. The van der Waals surface area contributed by atoms with Gasteiger partial charge in [-0.2, -0.15) is 0 Å². The zero-order valence-corrected chi connectivity index (χ0v) is 13.6. The Bertz CT molecular complexity index is 426. The van der Waals surface area contributed by atoms with Crippen LogP contribution in [0.1, 0.15) is 18.4 Å². The lowest BCUT2D eigenvalue weighted by molar-refractivity contribution is 0.285. The molecule has 112 valence electrons. The Hall–Kier alpha value is -0.770. The molecule has 1 N–H and O–H groups in total. The van der Waals surface area contributed by atoms with Gasteiger partial charge in [0.2, 0.25) is 0 Å². The molecule has 0 aromatic heterocycles. The van der Waals surface area contributed by atoms with Crippen LogP contribution in [0.2, 0.25) is 5.02 Å². The molecule has 1 aliphatic rings. The molecule has 1 heterocycles. The van der Waals surface area contributed by atoms with E-state index >= 15 is 0 Å². The molecule has 4 heteroatoms. The van der Waals surface area contributed by atoms with Crippen LogP contribution in [0.5, 0.6) is 0 Å². The Morgan fingerprint density at radius 1 is 1.30 bits per heavy atom. The summed E-state index contributed by atoms with van der Waals surface area (Å²) in [5, 5.41) is 4.09. The lowest BCUT2D eigenvalue weighted by atomic mass is 9.95. The number of hydrogen-bond donors (Lipinski definition) is 1. The first-order chi connectivity index (χ1) is 9.61. The van der Waals surface area contributed by atoms with E-state index in [1.807, 2.05) is 13.1 Å². The van der Waals surface area contributed by atoms with Gasteiger partial charge in [0.25, 0.3) is 0 Å². The van der Waals surface area contributed by atoms with Crippen LogP contribution in [0.25, 0.3) is 0 Å². The van der Waals surface area contributed by atoms with E-state index in [4.69, 9.17) is 11.6 Å². The highest BCUT2D eigenvalue weighted by Crippen LogP contribution is 2.30. The Kier molecular flexibility index (Phi) is 5.70. The molecule has 1 aromatic rings. The summed E-state index contributed by atoms with van der Waals surface area (Å²) >= 11 is 6.35. The third kappa shape index (κ3) is 3.87. The lowest BCUT2D eigenvalue weighted by Gasteiger charge is -2.36. The lowest BCUT2D eigenvalue weighted by Crippen LogP contribution is -2.37. The molecule has 0 bridgehead atoms. The quantitative estimate of drug-likeness (QED) is 0.901. The average molecular weight is 296 g/mol. The van der Waals surface area contributed by atoms with Gasteiger partial charge >= 0.3 is 0 Å². The molecule has 0 aliphatic carbocycles. The molecule has 20 heavy (non-hydrogen) atoms. The highest BCUT2D eigenvalue weighted by atomic mass is 35.5. The molecule has 1 fully saturated rings. The van der Waals surface area contributed by atoms with Crippen molar-refractivity contribution in [2.24, 2.45) is 5.92 Å². The smallest absolute Gasteiger partial charge is 0.0471 e. The predicted octanol–water partition coefficient (Wildman–Crippen LogP) is 2.84. The third-order valence-corrected chi connectivity index (χ3v) is 4.38. The van der Waals surface area contributed by atoms with Gasteiger partial charge in [-0.05, 0) is 52.0 Å². The summed E-state index contributed by atoms with van der Waals surface area (Å²) in [5.41, 5.74) is 2.53. The summed E-state index contributed by atoms with van der Waals surface area (Å²) in [5.74, 6) is 0.827. The van der Waals surface area contributed by atoms with Gasteiger partial charge in [-0.3, -0.25) is 0 Å². The highest BCUT2D eigenvalue weighted by molar-refractivity contribution is 6.31. The molecule has 0 spiro atoms. The van der Waals surface area contributed by atoms with E-state index in [-0.39, 0.29) is 0 Å². The Morgan fingerprint density at radius 2 is 2.00 bits per heavy atom. The second kappa shape index (κ2) is 7.30. The molecule has 2 rings (SSSR count). The monoisotopic (exact) mass is 295 g/mol. The number of hydrogen-bond acceptors (Lipinski definition) is 3. The van der Waals surface area contributed by atoms with Gasteiger partial charge in [0, 0.05) is 42.5 Å². The first-order valence-electron chi connectivity index (χ1n) is 7.43. The minimum Gasteiger partial charge on any atom is -0.371 e. The number of nitrogens with one attached hydrogen (secondary N) is 1. The summed E-state index contributed by atoms with van der Waals surface area (Å²) < 4.78 is 0. The predicted molar refractivity (Wildman–Crippen MR) is 87.7 cm³/mol. The van der Waals surface area contributed by atoms with E-state index < -0.39 is 0 Å². The zero-order valence-electron chi connectivity index (χ0n) is 12.8. The van der Waals surface area contributed by atoms with E-state index in [1.165, 1.54) is 30.6 Å². The van der Waals surface area contributed by atoms with Crippen molar-refractivity contribution in [3.63, 3.8) is 0 Å². The molecular weight excluding hydrogens is 270 g/mol. The van der Waals surface area contributed by atoms with Crippen molar-refractivity contribution in [1.29, 1.82) is 0 Å². The van der Waals surface area contributed by atoms with E-state index in [2.05, 4.69) is 41.3 Å². The summed E-state index contributed by atoms with van der Waals surface area (Å²) in [6.45, 7) is 4.30. The van der Waals surface area contributed by atoms with Crippen molar-refractivity contribution in [1.82, 2.24) is 10.2 Å². The first-order valence-corrected chi connectivity index (χ1v) is 7.81. The maximum atomic E-state index is 6.35. The second-order valence-corrected chi connectivity index (χ2v) is 6.37. The SMILES string of the molecule is CNCc1c(Cl)cccc1N1CCC(CN(C)C)CC1. The van der Waals surface area contributed by atoms with Gasteiger partial charge in [-0.1, -0.05) is 17.7 Å². The van der Waals surface area contributed by atoms with Gasteiger partial charge in [-0.15, -0.1) is 0 Å². The van der Waals surface area contributed by atoms with Crippen molar-refractivity contribution in [3.05, 3.63) is 28.8 Å². The topological polar surface area (TPSA) is 18.5 Å². The standard InChI is InChI=1S/C16H26ClN3/c1-18-11-14-15(17)5-4-6-16(14)20-9-7-13(8-10-20)12-19(2)3/h4-6,13,18H,7-12H2,1-3H3. The molecule has 1 saturated heterocycles. The van der Waals surface area contributed by atoms with Crippen molar-refractivity contribution in [2.45, 2.75) is 19.4 Å². The highest BCUT2D eigenvalue weighted by Gasteiger charge is 2.21. The zero-order chi connectivity index (χ0) is 14.5. The number of anilines is 1. The van der Waals surface area contributed by atoms with Crippen molar-refractivity contribution >= 4 is 17.3 Å². The van der Waals surface area contributed by atoms with E-state index in [0.717, 1.165) is 30.6 Å². The maximum Gasteiger partial charge on any atom is 0.0471 e. The van der Waals surface area contributed by atoms with E-state index in [9.17, 15) is 0 Å². The van der Waals surface area contributed by atoms with Crippen LogP contribution < -0.4 is 10.2 Å². The summed E-state index contributed by atoms with van der Waals surface area (Å²) in [6, 6.07) is 6.24. The maximum absolute atomic E-state index is 6.35. The fourth-order valence-corrected chi connectivity index (χ4v) is 3.30. The van der Waals surface area contributed by atoms with Gasteiger partial charge in [0.1, 0.15) is 0 Å². The minimum absolute atomic E-state index is 0.826. The van der Waals surface area contributed by atoms with Crippen LogP contribution in [0, 0.1) is 5.92 Å². The first kappa shape index (κ1) is 15.6. The number of rotatable bonds is 5. The molecule has 1 aliphatic heterocycles. The molecule has 1 aromatic carbocycles.